The van der Waals surface area contributed by atoms with Gasteiger partial charge in [-0.3, -0.25) is 0 Å². The molecule has 14 heavy (non-hydrogen) atoms. The minimum absolute atomic E-state index is 0.0720. The first-order valence-corrected chi connectivity index (χ1v) is 4.37. The van der Waals surface area contributed by atoms with E-state index >= 15 is 0 Å². The Bertz CT molecular complexity index is 280. The topological polar surface area (TPSA) is 122 Å². The Balaban J connectivity index is 2.07. The zero-order chi connectivity index (χ0) is 10.3. The van der Waals surface area contributed by atoms with Gasteiger partial charge in [-0.2, -0.15) is 0 Å². The summed E-state index contributed by atoms with van der Waals surface area (Å²) in [6.45, 7) is 0.0720. The third-order valence-corrected chi connectivity index (χ3v) is 2.81. The first-order chi connectivity index (χ1) is 6.66. The van der Waals surface area contributed by atoms with Crippen LogP contribution in [0.15, 0.2) is 5.11 Å². The van der Waals surface area contributed by atoms with Crippen LogP contribution in [0, 0.1) is 5.92 Å². The fourth-order valence-corrected chi connectivity index (χ4v) is 1.94. The Morgan fingerprint density at radius 3 is 2.50 bits per heavy atom. The van der Waals surface area contributed by atoms with E-state index in [1.807, 2.05) is 0 Å². The van der Waals surface area contributed by atoms with E-state index in [2.05, 4.69) is 10.0 Å². The van der Waals surface area contributed by atoms with E-state index in [1.54, 1.807) is 0 Å². The lowest BCUT2D eigenvalue weighted by atomic mass is 9.83. The SMILES string of the molecule is [N-]=[N+]=NC[C@@H]1[C@H](O)[C@H](O)[C@@H](O)[C@@H]2O[C@H]12. The summed E-state index contributed by atoms with van der Waals surface area (Å²) in [7, 11) is 0. The van der Waals surface area contributed by atoms with Gasteiger partial charge < -0.3 is 20.1 Å². The van der Waals surface area contributed by atoms with Crippen LogP contribution in [0.3, 0.4) is 0 Å². The summed E-state index contributed by atoms with van der Waals surface area (Å²) in [4.78, 5) is 2.58. The molecule has 78 valence electrons. The molecule has 0 bridgehead atoms. The second-order valence-corrected chi connectivity index (χ2v) is 3.61. The van der Waals surface area contributed by atoms with Gasteiger partial charge in [0.25, 0.3) is 0 Å². The molecule has 2 aliphatic rings. The summed E-state index contributed by atoms with van der Waals surface area (Å²) >= 11 is 0. The Morgan fingerprint density at radius 2 is 1.86 bits per heavy atom. The number of rotatable bonds is 2. The molecule has 0 amide bonds. The van der Waals surface area contributed by atoms with E-state index in [1.165, 1.54) is 0 Å². The third-order valence-electron chi connectivity index (χ3n) is 2.81. The second kappa shape index (κ2) is 3.38. The number of nitrogens with zero attached hydrogens (tertiary/aromatic N) is 3. The Morgan fingerprint density at radius 1 is 1.14 bits per heavy atom. The largest absolute Gasteiger partial charge is 0.390 e. The molecule has 1 saturated carbocycles. The molecule has 1 saturated heterocycles. The van der Waals surface area contributed by atoms with Gasteiger partial charge in [0.1, 0.15) is 18.3 Å². The minimum atomic E-state index is -1.22. The highest BCUT2D eigenvalue weighted by atomic mass is 16.6. The van der Waals surface area contributed by atoms with Gasteiger partial charge in [-0.05, 0) is 5.53 Å². The quantitative estimate of drug-likeness (QED) is 0.224. The van der Waals surface area contributed by atoms with Crippen LogP contribution in [0.2, 0.25) is 0 Å². The third kappa shape index (κ3) is 1.35. The highest BCUT2D eigenvalue weighted by molar-refractivity contribution is 5.08. The maximum Gasteiger partial charge on any atom is 0.113 e. The number of hydrogen-bond acceptors (Lipinski definition) is 5. The minimum Gasteiger partial charge on any atom is -0.390 e. The number of aliphatic hydroxyl groups is 3. The van der Waals surface area contributed by atoms with Crippen molar-refractivity contribution >= 4 is 0 Å². The predicted octanol–water partition coefficient (Wildman–Crippen LogP) is -1.22. The van der Waals surface area contributed by atoms with E-state index in [0.29, 0.717) is 0 Å². The van der Waals surface area contributed by atoms with E-state index < -0.39 is 30.3 Å². The number of epoxide rings is 1. The molecule has 2 rings (SSSR count). The monoisotopic (exact) mass is 201 g/mol. The van der Waals surface area contributed by atoms with Crippen molar-refractivity contribution in [3.8, 4) is 0 Å². The van der Waals surface area contributed by atoms with Gasteiger partial charge in [0.2, 0.25) is 0 Å². The van der Waals surface area contributed by atoms with Crippen LogP contribution in [-0.2, 0) is 4.74 Å². The van der Waals surface area contributed by atoms with Crippen molar-refractivity contribution in [1.29, 1.82) is 0 Å². The van der Waals surface area contributed by atoms with Crippen molar-refractivity contribution in [1.82, 2.24) is 0 Å². The van der Waals surface area contributed by atoms with Crippen molar-refractivity contribution in [2.45, 2.75) is 30.5 Å². The van der Waals surface area contributed by atoms with Crippen molar-refractivity contribution in [3.63, 3.8) is 0 Å². The summed E-state index contributed by atoms with van der Waals surface area (Å²) in [5.41, 5.74) is 8.12. The molecular weight excluding hydrogens is 190 g/mol. The zero-order valence-corrected chi connectivity index (χ0v) is 7.26. The maximum atomic E-state index is 9.56. The van der Waals surface area contributed by atoms with Crippen LogP contribution in [0.4, 0.5) is 0 Å². The molecule has 0 aromatic heterocycles. The number of azide groups is 1. The van der Waals surface area contributed by atoms with Gasteiger partial charge >= 0.3 is 0 Å². The predicted molar refractivity (Wildman–Crippen MR) is 44.2 cm³/mol. The molecule has 1 heterocycles. The van der Waals surface area contributed by atoms with E-state index in [-0.39, 0.29) is 12.6 Å². The summed E-state index contributed by atoms with van der Waals surface area (Å²) < 4.78 is 5.09. The zero-order valence-electron chi connectivity index (χ0n) is 7.26. The average Bonchev–Trinajstić information content (AvgIpc) is 2.94. The Kier molecular flexibility index (Phi) is 2.34. The molecular formula is C7H11N3O4. The fourth-order valence-electron chi connectivity index (χ4n) is 1.94. The van der Waals surface area contributed by atoms with Crippen molar-refractivity contribution < 1.29 is 20.1 Å². The first kappa shape index (κ1) is 9.70. The molecule has 0 aromatic rings. The van der Waals surface area contributed by atoms with E-state index in [4.69, 9.17) is 10.3 Å². The van der Waals surface area contributed by atoms with E-state index in [9.17, 15) is 15.3 Å². The lowest BCUT2D eigenvalue weighted by Gasteiger charge is -2.31. The summed E-state index contributed by atoms with van der Waals surface area (Å²) in [6, 6.07) is 0. The smallest absolute Gasteiger partial charge is 0.113 e. The molecule has 0 spiro atoms. The molecule has 0 unspecified atom stereocenters. The van der Waals surface area contributed by atoms with Crippen LogP contribution in [0.1, 0.15) is 0 Å². The molecule has 1 aliphatic carbocycles. The van der Waals surface area contributed by atoms with Crippen LogP contribution in [0.25, 0.3) is 10.4 Å². The van der Waals surface area contributed by atoms with Gasteiger partial charge in [-0.15, -0.1) is 0 Å². The summed E-state index contributed by atoms with van der Waals surface area (Å²) in [5.74, 6) is -0.422. The molecule has 7 heteroatoms. The van der Waals surface area contributed by atoms with Crippen molar-refractivity contribution in [3.05, 3.63) is 10.4 Å². The number of aliphatic hydroxyl groups excluding tert-OH is 3. The number of hydrogen-bond donors (Lipinski definition) is 3. The molecule has 1 aliphatic heterocycles. The van der Waals surface area contributed by atoms with Crippen LogP contribution < -0.4 is 0 Å². The molecule has 6 atom stereocenters. The fraction of sp³-hybridized carbons (Fsp3) is 1.00. The van der Waals surface area contributed by atoms with Crippen LogP contribution in [0.5, 0.6) is 0 Å². The van der Waals surface area contributed by atoms with Crippen molar-refractivity contribution in [2.24, 2.45) is 11.0 Å². The molecule has 0 aromatic carbocycles. The maximum absolute atomic E-state index is 9.56. The van der Waals surface area contributed by atoms with Gasteiger partial charge in [0.05, 0.1) is 12.2 Å². The second-order valence-electron chi connectivity index (χ2n) is 3.61. The van der Waals surface area contributed by atoms with E-state index in [0.717, 1.165) is 0 Å². The number of ether oxygens (including phenoxy) is 1. The Labute approximate surface area is 79.5 Å². The lowest BCUT2D eigenvalue weighted by molar-refractivity contribution is -0.0956. The molecule has 7 nitrogen and oxygen atoms in total. The number of fused-ring (bicyclic) bond motifs is 1. The first-order valence-electron chi connectivity index (χ1n) is 4.37. The lowest BCUT2D eigenvalue weighted by Crippen LogP contribution is -2.51. The molecule has 2 fully saturated rings. The highest BCUT2D eigenvalue weighted by Crippen LogP contribution is 2.41. The summed E-state index contributed by atoms with van der Waals surface area (Å²) in [6.07, 6.45) is -4.09. The van der Waals surface area contributed by atoms with Gasteiger partial charge in [-0.1, -0.05) is 5.11 Å². The Hall–Kier alpha value is -0.850. The van der Waals surface area contributed by atoms with Crippen LogP contribution >= 0.6 is 0 Å². The summed E-state index contributed by atoms with van der Waals surface area (Å²) in [5, 5.41) is 31.6. The normalized spacial score (nSPS) is 50.5. The average molecular weight is 201 g/mol. The van der Waals surface area contributed by atoms with Crippen LogP contribution in [-0.4, -0.2) is 52.4 Å². The molecule has 3 N–H and O–H groups in total. The van der Waals surface area contributed by atoms with Gasteiger partial charge in [0, 0.05) is 17.4 Å². The van der Waals surface area contributed by atoms with Crippen molar-refractivity contribution in [2.75, 3.05) is 6.54 Å². The van der Waals surface area contributed by atoms with Gasteiger partial charge in [-0.25, -0.2) is 0 Å². The highest BCUT2D eigenvalue weighted by Gasteiger charge is 2.59. The van der Waals surface area contributed by atoms with Gasteiger partial charge in [0.15, 0.2) is 0 Å². The molecule has 0 radical (unpaired) electrons. The standard InChI is InChI=1S/C7H11N3O4/c8-10-9-1-2-3(11)4(12)5(13)7-6(2)14-7/h2-7,11-13H,1H2/t2-,3+,4+,5-,6-,7+/m1/s1.